The van der Waals surface area contributed by atoms with Crippen molar-refractivity contribution in [2.75, 3.05) is 0 Å². The standard InChI is InChI=1S/C15H26O2Si/c1-11-9-8-10-15(3,4)13(11)14(17-12(2)16)18(5,6)7/h9H,8,10H2,1-7H3/b14-13-. The minimum Gasteiger partial charge on any atom is -0.436 e. The van der Waals surface area contributed by atoms with Gasteiger partial charge in [0.2, 0.25) is 0 Å². The number of carbonyl (C=O) groups is 1. The van der Waals surface area contributed by atoms with Gasteiger partial charge >= 0.3 is 5.97 Å². The Kier molecular flexibility index (Phi) is 4.26. The highest BCUT2D eigenvalue weighted by Crippen LogP contribution is 2.44. The van der Waals surface area contributed by atoms with Crippen LogP contribution in [0.15, 0.2) is 22.6 Å². The zero-order valence-corrected chi connectivity index (χ0v) is 13.8. The summed E-state index contributed by atoms with van der Waals surface area (Å²) in [5, 5.41) is 0.966. The maximum Gasteiger partial charge on any atom is 0.307 e. The van der Waals surface area contributed by atoms with E-state index in [-0.39, 0.29) is 11.4 Å². The third-order valence-corrected chi connectivity index (χ3v) is 5.16. The predicted molar refractivity (Wildman–Crippen MR) is 78.9 cm³/mol. The normalized spacial score (nSPS) is 22.3. The Morgan fingerprint density at radius 3 is 2.28 bits per heavy atom. The van der Waals surface area contributed by atoms with Gasteiger partial charge in [0.1, 0.15) is 8.07 Å². The van der Waals surface area contributed by atoms with E-state index in [0.29, 0.717) is 0 Å². The fourth-order valence-corrected chi connectivity index (χ4v) is 4.36. The van der Waals surface area contributed by atoms with Crippen molar-refractivity contribution in [2.24, 2.45) is 5.41 Å². The van der Waals surface area contributed by atoms with Crippen LogP contribution in [-0.4, -0.2) is 14.0 Å². The monoisotopic (exact) mass is 266 g/mol. The van der Waals surface area contributed by atoms with Gasteiger partial charge in [-0.25, -0.2) is 0 Å². The van der Waals surface area contributed by atoms with Gasteiger partial charge in [-0.3, -0.25) is 4.79 Å². The zero-order valence-electron chi connectivity index (χ0n) is 12.8. The molecule has 0 N–H and O–H groups in total. The first-order chi connectivity index (χ1) is 8.05. The molecule has 0 saturated carbocycles. The molecule has 18 heavy (non-hydrogen) atoms. The first kappa shape index (κ1) is 15.2. The number of carbonyl (C=O) groups excluding carboxylic acids is 1. The first-order valence-electron chi connectivity index (χ1n) is 6.66. The van der Waals surface area contributed by atoms with Crippen LogP contribution in [0.2, 0.25) is 19.6 Å². The van der Waals surface area contributed by atoms with Crippen molar-refractivity contribution >= 4 is 14.0 Å². The number of allylic oxidation sites excluding steroid dienone is 3. The molecule has 0 fully saturated rings. The molecular formula is C15H26O2Si. The first-order valence-corrected chi connectivity index (χ1v) is 10.2. The molecule has 0 amide bonds. The third kappa shape index (κ3) is 3.34. The summed E-state index contributed by atoms with van der Waals surface area (Å²) in [5.41, 5.74) is 2.65. The van der Waals surface area contributed by atoms with Crippen molar-refractivity contribution in [2.45, 2.75) is 60.2 Å². The molecule has 1 rings (SSSR count). The second kappa shape index (κ2) is 5.04. The van der Waals surface area contributed by atoms with Crippen molar-refractivity contribution < 1.29 is 9.53 Å². The lowest BCUT2D eigenvalue weighted by Gasteiger charge is -2.37. The van der Waals surface area contributed by atoms with Crippen LogP contribution in [0.4, 0.5) is 0 Å². The van der Waals surface area contributed by atoms with Crippen molar-refractivity contribution in [3.63, 3.8) is 0 Å². The summed E-state index contributed by atoms with van der Waals surface area (Å²) < 4.78 is 5.62. The third-order valence-electron chi connectivity index (χ3n) is 3.45. The molecule has 0 heterocycles. The van der Waals surface area contributed by atoms with Gasteiger partial charge in [0.25, 0.3) is 0 Å². The highest BCUT2D eigenvalue weighted by Gasteiger charge is 2.36. The van der Waals surface area contributed by atoms with E-state index in [1.165, 1.54) is 18.1 Å². The van der Waals surface area contributed by atoms with Gasteiger partial charge in [-0.15, -0.1) is 0 Å². The van der Waals surface area contributed by atoms with Gasteiger partial charge < -0.3 is 4.74 Å². The van der Waals surface area contributed by atoms with E-state index in [2.05, 4.69) is 46.5 Å². The molecule has 0 aromatic heterocycles. The average molecular weight is 266 g/mol. The van der Waals surface area contributed by atoms with Gasteiger partial charge in [0.15, 0.2) is 0 Å². The molecule has 0 bridgehead atoms. The molecule has 1 aliphatic rings. The summed E-state index contributed by atoms with van der Waals surface area (Å²) in [7, 11) is -1.67. The molecular weight excluding hydrogens is 240 g/mol. The van der Waals surface area contributed by atoms with Crippen LogP contribution in [0.3, 0.4) is 0 Å². The Hall–Kier alpha value is -0.833. The molecule has 0 atom stereocenters. The minimum absolute atomic E-state index is 0.101. The number of hydrogen-bond acceptors (Lipinski definition) is 2. The van der Waals surface area contributed by atoms with E-state index in [1.807, 2.05) is 0 Å². The van der Waals surface area contributed by atoms with Gasteiger partial charge in [-0.05, 0) is 36.3 Å². The lowest BCUT2D eigenvalue weighted by atomic mass is 9.74. The lowest BCUT2D eigenvalue weighted by molar-refractivity contribution is -0.136. The minimum atomic E-state index is -1.67. The molecule has 0 spiro atoms. The molecule has 3 heteroatoms. The van der Waals surface area contributed by atoms with E-state index in [4.69, 9.17) is 4.74 Å². The van der Waals surface area contributed by atoms with E-state index in [1.54, 1.807) is 0 Å². The van der Waals surface area contributed by atoms with Crippen LogP contribution in [0.25, 0.3) is 0 Å². The van der Waals surface area contributed by atoms with Crippen LogP contribution in [-0.2, 0) is 9.53 Å². The van der Waals surface area contributed by atoms with Crippen molar-refractivity contribution in [3.8, 4) is 0 Å². The fraction of sp³-hybridized carbons (Fsp3) is 0.667. The Morgan fingerprint density at radius 1 is 1.33 bits per heavy atom. The summed E-state index contributed by atoms with van der Waals surface area (Å²) in [5.74, 6) is -0.200. The Bertz CT molecular complexity index is 409. The summed E-state index contributed by atoms with van der Waals surface area (Å²) in [6, 6.07) is 0. The quantitative estimate of drug-likeness (QED) is 0.419. The van der Waals surface area contributed by atoms with Gasteiger partial charge in [0.05, 0.1) is 5.38 Å². The number of hydrogen-bond donors (Lipinski definition) is 0. The van der Waals surface area contributed by atoms with Crippen LogP contribution < -0.4 is 0 Å². The smallest absolute Gasteiger partial charge is 0.307 e. The molecule has 2 nitrogen and oxygen atoms in total. The Balaban J connectivity index is 3.45. The summed E-state index contributed by atoms with van der Waals surface area (Å²) in [6.07, 6.45) is 4.50. The zero-order chi connectivity index (χ0) is 14.1. The van der Waals surface area contributed by atoms with Gasteiger partial charge in [0, 0.05) is 6.92 Å². The van der Waals surface area contributed by atoms with E-state index in [9.17, 15) is 4.79 Å². The molecule has 0 unspecified atom stereocenters. The van der Waals surface area contributed by atoms with E-state index >= 15 is 0 Å². The van der Waals surface area contributed by atoms with Gasteiger partial charge in [-0.1, -0.05) is 39.6 Å². The van der Waals surface area contributed by atoms with Crippen molar-refractivity contribution in [1.29, 1.82) is 0 Å². The van der Waals surface area contributed by atoms with Gasteiger partial charge in [-0.2, -0.15) is 0 Å². The molecule has 0 radical (unpaired) electrons. The van der Waals surface area contributed by atoms with Crippen LogP contribution in [0.5, 0.6) is 0 Å². The summed E-state index contributed by atoms with van der Waals surface area (Å²) in [6.45, 7) is 14.8. The molecule has 1 aliphatic carbocycles. The molecule has 0 aromatic carbocycles. The number of rotatable bonds is 2. The van der Waals surface area contributed by atoms with E-state index in [0.717, 1.165) is 18.2 Å². The largest absolute Gasteiger partial charge is 0.436 e. The Labute approximate surface area is 112 Å². The summed E-state index contributed by atoms with van der Waals surface area (Å²) in [4.78, 5) is 11.4. The topological polar surface area (TPSA) is 26.3 Å². The van der Waals surface area contributed by atoms with Crippen molar-refractivity contribution in [3.05, 3.63) is 22.6 Å². The van der Waals surface area contributed by atoms with Crippen LogP contribution in [0, 0.1) is 5.41 Å². The average Bonchev–Trinajstić information content (AvgIpc) is 2.12. The summed E-state index contributed by atoms with van der Waals surface area (Å²) >= 11 is 0. The number of ether oxygens (including phenoxy) is 1. The van der Waals surface area contributed by atoms with Crippen LogP contribution in [0.1, 0.15) is 40.5 Å². The maximum absolute atomic E-state index is 11.4. The molecule has 0 aliphatic heterocycles. The highest BCUT2D eigenvalue weighted by atomic mass is 28.3. The van der Waals surface area contributed by atoms with E-state index < -0.39 is 8.07 Å². The number of esters is 1. The van der Waals surface area contributed by atoms with Crippen molar-refractivity contribution in [1.82, 2.24) is 0 Å². The molecule has 102 valence electrons. The molecule has 0 saturated heterocycles. The highest BCUT2D eigenvalue weighted by molar-refractivity contribution is 6.82. The maximum atomic E-state index is 11.4. The second-order valence-corrected chi connectivity index (χ2v) is 11.8. The molecule has 0 aromatic rings. The SMILES string of the molecule is CC(=O)O/C(=C1\C(C)=CCCC1(C)C)[Si](C)(C)C. The Morgan fingerprint density at radius 2 is 1.89 bits per heavy atom. The fourth-order valence-electron chi connectivity index (χ4n) is 2.62. The lowest BCUT2D eigenvalue weighted by Crippen LogP contribution is -2.33. The second-order valence-electron chi connectivity index (χ2n) is 6.86. The van der Waals surface area contributed by atoms with Crippen LogP contribution >= 0.6 is 0 Å². The predicted octanol–water partition coefficient (Wildman–Crippen LogP) is 4.45.